The topological polar surface area (TPSA) is 59.7 Å². The summed E-state index contributed by atoms with van der Waals surface area (Å²) in [6.45, 7) is 0. The second kappa shape index (κ2) is 5.75. The lowest BCUT2D eigenvalue weighted by molar-refractivity contribution is -0.114. The smallest absolute Gasteiger partial charge is 0.290 e. The molecule has 0 aliphatic carbocycles. The standard InChI is InChI=1S/C9H14N4O/c1-12(2)6-8(5-10)9(14)11-7-13(3)4/h6-7H,1-4H3. The van der Waals surface area contributed by atoms with Gasteiger partial charge in [0.2, 0.25) is 0 Å². The van der Waals surface area contributed by atoms with Gasteiger partial charge < -0.3 is 9.80 Å². The molecule has 0 radical (unpaired) electrons. The van der Waals surface area contributed by atoms with Crippen LogP contribution in [-0.2, 0) is 4.79 Å². The number of hydrogen-bond acceptors (Lipinski definition) is 3. The largest absolute Gasteiger partial charge is 0.382 e. The van der Waals surface area contributed by atoms with Gasteiger partial charge in [0.05, 0.1) is 6.34 Å². The Morgan fingerprint density at radius 1 is 1.29 bits per heavy atom. The molecule has 5 heteroatoms. The summed E-state index contributed by atoms with van der Waals surface area (Å²) in [6.07, 6.45) is 2.80. The molecule has 0 atom stereocenters. The Labute approximate surface area is 83.9 Å². The highest BCUT2D eigenvalue weighted by Crippen LogP contribution is 1.96. The van der Waals surface area contributed by atoms with Gasteiger partial charge in [0.1, 0.15) is 11.6 Å². The van der Waals surface area contributed by atoms with Crippen LogP contribution in [0.25, 0.3) is 0 Å². The predicted octanol–water partition coefficient (Wildman–Crippen LogP) is 0.0720. The molecule has 1 amide bonds. The monoisotopic (exact) mass is 194 g/mol. The second-order valence-corrected chi connectivity index (χ2v) is 3.13. The van der Waals surface area contributed by atoms with Crippen molar-refractivity contribution in [3.05, 3.63) is 11.8 Å². The average molecular weight is 194 g/mol. The van der Waals surface area contributed by atoms with Crippen molar-refractivity contribution in [3.63, 3.8) is 0 Å². The normalized spacial score (nSPS) is 11.2. The van der Waals surface area contributed by atoms with E-state index in [2.05, 4.69) is 4.99 Å². The molecule has 0 aliphatic rings. The molecule has 0 rings (SSSR count). The van der Waals surface area contributed by atoms with Crippen molar-refractivity contribution in [2.75, 3.05) is 28.2 Å². The Kier molecular flexibility index (Phi) is 5.00. The second-order valence-electron chi connectivity index (χ2n) is 3.13. The van der Waals surface area contributed by atoms with Gasteiger partial charge in [0, 0.05) is 34.4 Å². The maximum Gasteiger partial charge on any atom is 0.290 e. The Bertz CT molecular complexity index is 296. The molecule has 0 bridgehead atoms. The molecule has 0 aromatic heterocycles. The van der Waals surface area contributed by atoms with Gasteiger partial charge in [0.15, 0.2) is 0 Å². The van der Waals surface area contributed by atoms with Crippen LogP contribution >= 0.6 is 0 Å². The highest BCUT2D eigenvalue weighted by Gasteiger charge is 2.06. The molecule has 76 valence electrons. The fourth-order valence-corrected chi connectivity index (χ4v) is 0.628. The SMILES string of the molecule is CN(C)C=NC(=O)C(C#N)=CN(C)C. The van der Waals surface area contributed by atoms with E-state index < -0.39 is 5.91 Å². The zero-order valence-electron chi connectivity index (χ0n) is 8.85. The number of rotatable bonds is 3. The van der Waals surface area contributed by atoms with Gasteiger partial charge in [-0.2, -0.15) is 10.3 Å². The molecule has 0 aromatic rings. The van der Waals surface area contributed by atoms with Crippen LogP contribution in [0.5, 0.6) is 0 Å². The highest BCUT2D eigenvalue weighted by atomic mass is 16.1. The molecule has 0 fully saturated rings. The maximum atomic E-state index is 11.3. The maximum absolute atomic E-state index is 11.3. The Morgan fingerprint density at radius 2 is 1.86 bits per heavy atom. The zero-order valence-corrected chi connectivity index (χ0v) is 8.85. The van der Waals surface area contributed by atoms with Crippen molar-refractivity contribution in [1.29, 1.82) is 5.26 Å². The lowest BCUT2D eigenvalue weighted by Gasteiger charge is -2.04. The van der Waals surface area contributed by atoms with E-state index in [1.807, 2.05) is 0 Å². The molecule has 0 unspecified atom stereocenters. The van der Waals surface area contributed by atoms with Gasteiger partial charge in [-0.25, -0.2) is 0 Å². The summed E-state index contributed by atoms with van der Waals surface area (Å²) in [5.74, 6) is -0.532. The van der Waals surface area contributed by atoms with E-state index in [1.165, 1.54) is 12.5 Å². The molecule has 0 aliphatic heterocycles. The molecule has 14 heavy (non-hydrogen) atoms. The van der Waals surface area contributed by atoms with Gasteiger partial charge in [0.25, 0.3) is 5.91 Å². The number of carbonyl (C=O) groups is 1. The molecule has 0 N–H and O–H groups in total. The van der Waals surface area contributed by atoms with E-state index >= 15 is 0 Å². The molecule has 0 aromatic carbocycles. The van der Waals surface area contributed by atoms with Crippen molar-refractivity contribution >= 4 is 12.2 Å². The summed E-state index contributed by atoms with van der Waals surface area (Å²) in [5, 5.41) is 8.66. The van der Waals surface area contributed by atoms with E-state index in [0.29, 0.717) is 0 Å². The Morgan fingerprint density at radius 3 is 2.21 bits per heavy atom. The van der Waals surface area contributed by atoms with E-state index in [-0.39, 0.29) is 5.57 Å². The number of carbonyl (C=O) groups excluding carboxylic acids is 1. The minimum Gasteiger partial charge on any atom is -0.382 e. The summed E-state index contributed by atoms with van der Waals surface area (Å²) >= 11 is 0. The molecule has 5 nitrogen and oxygen atoms in total. The minimum absolute atomic E-state index is 0.0214. The summed E-state index contributed by atoms with van der Waals surface area (Å²) in [7, 11) is 6.97. The van der Waals surface area contributed by atoms with Crippen molar-refractivity contribution in [2.45, 2.75) is 0 Å². The van der Waals surface area contributed by atoms with Crippen LogP contribution in [-0.4, -0.2) is 50.2 Å². The van der Waals surface area contributed by atoms with Gasteiger partial charge >= 0.3 is 0 Å². The zero-order chi connectivity index (χ0) is 11.1. The first-order valence-corrected chi connectivity index (χ1v) is 4.00. The lowest BCUT2D eigenvalue weighted by atomic mass is 10.3. The van der Waals surface area contributed by atoms with E-state index in [0.717, 1.165) is 0 Å². The highest BCUT2D eigenvalue weighted by molar-refractivity contribution is 6.01. The van der Waals surface area contributed by atoms with Crippen molar-refractivity contribution < 1.29 is 4.79 Å². The van der Waals surface area contributed by atoms with Crippen LogP contribution < -0.4 is 0 Å². The van der Waals surface area contributed by atoms with Crippen LogP contribution in [0.2, 0.25) is 0 Å². The van der Waals surface area contributed by atoms with Gasteiger partial charge in [-0.15, -0.1) is 0 Å². The number of amides is 1. The fourth-order valence-electron chi connectivity index (χ4n) is 0.628. The first-order valence-electron chi connectivity index (χ1n) is 4.00. The first kappa shape index (κ1) is 12.2. The molecule has 0 spiro atoms. The third-order valence-electron chi connectivity index (χ3n) is 1.14. The van der Waals surface area contributed by atoms with Gasteiger partial charge in [-0.3, -0.25) is 4.79 Å². The summed E-state index contributed by atoms with van der Waals surface area (Å²) < 4.78 is 0. The average Bonchev–Trinajstić information content (AvgIpc) is 2.09. The van der Waals surface area contributed by atoms with Crippen molar-refractivity contribution in [1.82, 2.24) is 9.80 Å². The van der Waals surface area contributed by atoms with E-state index in [9.17, 15) is 4.79 Å². The van der Waals surface area contributed by atoms with Crippen molar-refractivity contribution in [3.8, 4) is 6.07 Å². The molecule has 0 saturated carbocycles. The fraction of sp³-hybridized carbons (Fsp3) is 0.444. The van der Waals surface area contributed by atoms with Crippen LogP contribution in [0.1, 0.15) is 0 Å². The number of hydrogen-bond donors (Lipinski definition) is 0. The molecule has 0 saturated heterocycles. The van der Waals surface area contributed by atoms with Crippen LogP contribution in [0.4, 0.5) is 0 Å². The summed E-state index contributed by atoms with van der Waals surface area (Å²) in [4.78, 5) is 18.1. The third kappa shape index (κ3) is 4.93. The molecule has 0 heterocycles. The number of nitrogens with zero attached hydrogens (tertiary/aromatic N) is 4. The Hall–Kier alpha value is -1.83. The summed E-state index contributed by atoms with van der Waals surface area (Å²) in [6, 6.07) is 1.79. The minimum atomic E-state index is -0.532. The molecular weight excluding hydrogens is 180 g/mol. The summed E-state index contributed by atoms with van der Waals surface area (Å²) in [5.41, 5.74) is 0.0214. The quantitative estimate of drug-likeness (QED) is 0.276. The predicted molar refractivity (Wildman–Crippen MR) is 54.6 cm³/mol. The van der Waals surface area contributed by atoms with E-state index in [4.69, 9.17) is 5.26 Å². The van der Waals surface area contributed by atoms with Crippen LogP contribution in [0, 0.1) is 11.3 Å². The Balaban J connectivity index is 4.59. The lowest BCUT2D eigenvalue weighted by Crippen LogP contribution is -2.11. The molecular formula is C9H14N4O. The van der Waals surface area contributed by atoms with E-state index in [1.54, 1.807) is 44.1 Å². The van der Waals surface area contributed by atoms with Gasteiger partial charge in [-0.05, 0) is 0 Å². The number of aliphatic imine (C=N–C) groups is 1. The number of nitriles is 1. The van der Waals surface area contributed by atoms with Crippen LogP contribution in [0.3, 0.4) is 0 Å². The van der Waals surface area contributed by atoms with Crippen LogP contribution in [0.15, 0.2) is 16.8 Å². The third-order valence-corrected chi connectivity index (χ3v) is 1.14. The van der Waals surface area contributed by atoms with Crippen molar-refractivity contribution in [2.24, 2.45) is 4.99 Å². The first-order chi connectivity index (χ1) is 6.47. The van der Waals surface area contributed by atoms with Gasteiger partial charge in [-0.1, -0.05) is 0 Å².